The molecule has 0 amide bonds. The van der Waals surface area contributed by atoms with Crippen molar-refractivity contribution in [2.75, 3.05) is 44.2 Å². The third kappa shape index (κ3) is 3.42. The summed E-state index contributed by atoms with van der Waals surface area (Å²) in [4.78, 5) is 28.5. The van der Waals surface area contributed by atoms with Crippen LogP contribution in [0.15, 0.2) is 23.1 Å². The van der Waals surface area contributed by atoms with Crippen LogP contribution in [-0.2, 0) is 0 Å². The number of halogens is 1. The van der Waals surface area contributed by atoms with Gasteiger partial charge >= 0.3 is 5.97 Å². The molecule has 4 rings (SSSR count). The minimum Gasteiger partial charge on any atom is -0.477 e. The van der Waals surface area contributed by atoms with Crippen LogP contribution in [0.4, 0.5) is 5.69 Å². The van der Waals surface area contributed by atoms with Gasteiger partial charge in [0.15, 0.2) is 0 Å². The highest BCUT2D eigenvalue weighted by Gasteiger charge is 2.28. The van der Waals surface area contributed by atoms with E-state index >= 15 is 0 Å². The highest BCUT2D eigenvalue weighted by molar-refractivity contribution is 6.34. The molecule has 144 valence electrons. The summed E-state index contributed by atoms with van der Waals surface area (Å²) in [5, 5.41) is 19.3. The number of carbonyl (C=O) groups is 1. The first-order valence-corrected chi connectivity index (χ1v) is 9.57. The van der Waals surface area contributed by atoms with Gasteiger partial charge in [0.1, 0.15) is 5.56 Å². The minimum atomic E-state index is -1.21. The van der Waals surface area contributed by atoms with E-state index in [9.17, 15) is 14.7 Å². The third-order valence-electron chi connectivity index (χ3n) is 5.40. The summed E-state index contributed by atoms with van der Waals surface area (Å²) in [6.45, 7) is 4.05. The summed E-state index contributed by atoms with van der Waals surface area (Å²) < 4.78 is 1.92. The Morgan fingerprint density at radius 1 is 1.19 bits per heavy atom. The zero-order valence-electron chi connectivity index (χ0n) is 14.9. The van der Waals surface area contributed by atoms with Crippen LogP contribution in [0.5, 0.6) is 0 Å². The first-order chi connectivity index (χ1) is 13.0. The largest absolute Gasteiger partial charge is 0.477 e. The first-order valence-electron chi connectivity index (χ1n) is 9.19. The normalized spacial score (nSPS) is 18.2. The molecule has 2 aliphatic rings. The number of carboxylic acid groups (broad SMARTS) is 1. The topological polar surface area (TPSA) is 86.0 Å². The Morgan fingerprint density at radius 2 is 1.89 bits per heavy atom. The molecule has 2 heterocycles. The van der Waals surface area contributed by atoms with Crippen LogP contribution >= 0.6 is 11.6 Å². The number of fused-ring (bicyclic) bond motifs is 1. The van der Waals surface area contributed by atoms with Gasteiger partial charge in [0, 0.05) is 50.3 Å². The van der Waals surface area contributed by atoms with Crippen molar-refractivity contribution in [2.45, 2.75) is 18.9 Å². The molecule has 1 aromatic carbocycles. The Morgan fingerprint density at radius 3 is 2.48 bits per heavy atom. The lowest BCUT2D eigenvalue weighted by atomic mass is 10.1. The molecule has 0 spiro atoms. The monoisotopic (exact) mass is 391 g/mol. The second-order valence-corrected chi connectivity index (χ2v) is 7.60. The van der Waals surface area contributed by atoms with Crippen LogP contribution in [0.3, 0.4) is 0 Å². The average molecular weight is 392 g/mol. The number of rotatable bonds is 5. The van der Waals surface area contributed by atoms with Crippen molar-refractivity contribution >= 4 is 34.2 Å². The number of nitrogens with zero attached hydrogens (tertiary/aromatic N) is 3. The molecule has 27 heavy (non-hydrogen) atoms. The second kappa shape index (κ2) is 7.14. The van der Waals surface area contributed by atoms with Gasteiger partial charge in [0.25, 0.3) is 0 Å². The molecule has 1 aromatic heterocycles. The predicted molar refractivity (Wildman–Crippen MR) is 104 cm³/mol. The highest BCUT2D eigenvalue weighted by Crippen LogP contribution is 2.39. The van der Waals surface area contributed by atoms with E-state index < -0.39 is 11.4 Å². The Labute approximate surface area is 161 Å². The standard InChI is InChI=1S/C19H22ClN3O4/c20-15-9-13-16(10-17(15)22-5-3-21(4-6-22)7-8-24)23(12-1-2-12)11-14(18(13)25)19(26)27/h9-12,24H,1-8H2,(H,26,27). The number of β-amino-alcohol motifs (C(OH)–C–C–N with tert-alkyl or cyclic N) is 1. The number of aliphatic hydroxyl groups excluding tert-OH is 1. The molecule has 7 nitrogen and oxygen atoms in total. The molecule has 0 radical (unpaired) electrons. The van der Waals surface area contributed by atoms with Gasteiger partial charge in [0.2, 0.25) is 5.43 Å². The summed E-state index contributed by atoms with van der Waals surface area (Å²) in [5.74, 6) is -1.21. The van der Waals surface area contributed by atoms with Gasteiger partial charge in [-0.05, 0) is 25.0 Å². The van der Waals surface area contributed by atoms with Crippen LogP contribution in [0.25, 0.3) is 10.9 Å². The molecule has 2 N–H and O–H groups in total. The number of aromatic nitrogens is 1. The molecule has 0 unspecified atom stereocenters. The lowest BCUT2D eigenvalue weighted by Gasteiger charge is -2.36. The number of aromatic carboxylic acids is 1. The van der Waals surface area contributed by atoms with Crippen LogP contribution in [0.1, 0.15) is 29.2 Å². The van der Waals surface area contributed by atoms with Gasteiger partial charge in [-0.2, -0.15) is 0 Å². The molecule has 1 aliphatic carbocycles. The fraction of sp³-hybridized carbons (Fsp3) is 0.474. The number of hydrogen-bond donors (Lipinski definition) is 2. The second-order valence-electron chi connectivity index (χ2n) is 7.19. The predicted octanol–water partition coefficient (Wildman–Crippen LogP) is 1.80. The molecule has 1 saturated carbocycles. The van der Waals surface area contributed by atoms with Crippen molar-refractivity contribution in [3.05, 3.63) is 39.1 Å². The van der Waals surface area contributed by atoms with Gasteiger partial charge in [-0.3, -0.25) is 9.69 Å². The molecule has 0 bridgehead atoms. The van der Waals surface area contributed by atoms with E-state index in [0.29, 0.717) is 17.0 Å². The Bertz CT molecular complexity index is 946. The minimum absolute atomic E-state index is 0.149. The Kier molecular flexibility index (Phi) is 4.84. The van der Waals surface area contributed by atoms with Crippen molar-refractivity contribution in [1.82, 2.24) is 9.47 Å². The Balaban J connectivity index is 1.77. The maximum atomic E-state index is 12.6. The SMILES string of the molecule is O=C(O)c1cn(C2CC2)c2cc(N3CCN(CCO)CC3)c(Cl)cc2c1=O. The summed E-state index contributed by atoms with van der Waals surface area (Å²) in [6.07, 6.45) is 3.44. The van der Waals surface area contributed by atoms with Crippen molar-refractivity contribution < 1.29 is 15.0 Å². The number of anilines is 1. The molecule has 1 saturated heterocycles. The number of aliphatic hydroxyl groups is 1. The van der Waals surface area contributed by atoms with E-state index in [4.69, 9.17) is 16.7 Å². The van der Waals surface area contributed by atoms with Crippen LogP contribution in [0.2, 0.25) is 5.02 Å². The van der Waals surface area contributed by atoms with Gasteiger partial charge in [-0.1, -0.05) is 11.6 Å². The van der Waals surface area contributed by atoms with E-state index in [1.807, 2.05) is 10.6 Å². The van der Waals surface area contributed by atoms with E-state index in [0.717, 1.165) is 50.2 Å². The molecular weight excluding hydrogens is 370 g/mol. The maximum absolute atomic E-state index is 12.6. The Hall–Kier alpha value is -2.09. The number of piperazine rings is 1. The summed E-state index contributed by atoms with van der Waals surface area (Å²) in [6, 6.07) is 3.77. The molecule has 1 aliphatic heterocycles. The van der Waals surface area contributed by atoms with E-state index in [-0.39, 0.29) is 18.2 Å². The molecule has 0 atom stereocenters. The molecular formula is C19H22ClN3O4. The van der Waals surface area contributed by atoms with Gasteiger partial charge in [-0.15, -0.1) is 0 Å². The smallest absolute Gasteiger partial charge is 0.341 e. The van der Waals surface area contributed by atoms with Crippen LogP contribution in [0, 0.1) is 0 Å². The molecule has 2 fully saturated rings. The summed E-state index contributed by atoms with van der Waals surface area (Å²) in [7, 11) is 0. The molecule has 8 heteroatoms. The van der Waals surface area contributed by atoms with Gasteiger partial charge in [-0.25, -0.2) is 4.79 Å². The number of benzene rings is 1. The van der Waals surface area contributed by atoms with Crippen molar-refractivity contribution in [3.63, 3.8) is 0 Å². The highest BCUT2D eigenvalue weighted by atomic mass is 35.5. The van der Waals surface area contributed by atoms with E-state index in [1.54, 1.807) is 6.07 Å². The van der Waals surface area contributed by atoms with Crippen molar-refractivity contribution in [3.8, 4) is 0 Å². The van der Waals surface area contributed by atoms with Gasteiger partial charge < -0.3 is 19.7 Å². The zero-order valence-corrected chi connectivity index (χ0v) is 15.7. The third-order valence-corrected chi connectivity index (χ3v) is 5.70. The van der Waals surface area contributed by atoms with Crippen molar-refractivity contribution in [2.24, 2.45) is 0 Å². The zero-order chi connectivity index (χ0) is 19.1. The van der Waals surface area contributed by atoms with Crippen LogP contribution in [-0.4, -0.2) is 65.0 Å². The maximum Gasteiger partial charge on any atom is 0.341 e. The lowest BCUT2D eigenvalue weighted by molar-refractivity contribution is 0.0695. The summed E-state index contributed by atoms with van der Waals surface area (Å²) in [5.41, 5.74) is 0.904. The lowest BCUT2D eigenvalue weighted by Crippen LogP contribution is -2.47. The van der Waals surface area contributed by atoms with E-state index in [2.05, 4.69) is 9.80 Å². The number of pyridine rings is 1. The van der Waals surface area contributed by atoms with E-state index in [1.165, 1.54) is 6.20 Å². The van der Waals surface area contributed by atoms with Gasteiger partial charge in [0.05, 0.1) is 22.8 Å². The summed E-state index contributed by atoms with van der Waals surface area (Å²) >= 11 is 6.49. The number of carboxylic acids is 1. The van der Waals surface area contributed by atoms with Crippen LogP contribution < -0.4 is 10.3 Å². The fourth-order valence-corrected chi connectivity index (χ4v) is 4.05. The number of hydrogen-bond acceptors (Lipinski definition) is 5. The average Bonchev–Trinajstić information content (AvgIpc) is 3.48. The fourth-order valence-electron chi connectivity index (χ4n) is 3.76. The quantitative estimate of drug-likeness (QED) is 0.808. The first kappa shape index (κ1) is 18.3. The van der Waals surface area contributed by atoms with Crippen molar-refractivity contribution in [1.29, 1.82) is 0 Å². The molecule has 2 aromatic rings.